The Morgan fingerprint density at radius 3 is 2.78 bits per heavy atom. The third kappa shape index (κ3) is 2.73. The molecule has 1 aliphatic heterocycles. The Kier molecular flexibility index (Phi) is 3.72. The first kappa shape index (κ1) is 12.7. The van der Waals surface area contributed by atoms with E-state index in [0.717, 1.165) is 0 Å². The Morgan fingerprint density at radius 2 is 2.11 bits per heavy atom. The molecule has 1 aliphatic rings. The normalized spacial score (nSPS) is 18.7. The first-order valence-corrected chi connectivity index (χ1v) is 5.95. The maximum absolute atomic E-state index is 11.4. The predicted octanol–water partition coefficient (Wildman–Crippen LogP) is 0.805. The van der Waals surface area contributed by atoms with Crippen LogP contribution >= 0.6 is 11.6 Å². The molecule has 96 valence electrons. The van der Waals surface area contributed by atoms with Crippen LogP contribution in [0.5, 0.6) is 5.75 Å². The number of carbonyl (C=O) groups excluding carboxylic acids is 2. The molecule has 1 unspecified atom stereocenters. The number of primary amides is 1. The maximum Gasteiger partial charge on any atom is 0.311 e. The van der Waals surface area contributed by atoms with Gasteiger partial charge in [0.2, 0.25) is 0 Å². The molecular weight excluding hydrogens is 256 g/mol. The number of carbonyl (C=O) groups is 2. The van der Waals surface area contributed by atoms with E-state index < -0.39 is 11.8 Å². The summed E-state index contributed by atoms with van der Waals surface area (Å²) in [5, 5.41) is 0.525. The van der Waals surface area contributed by atoms with E-state index >= 15 is 0 Å². The second kappa shape index (κ2) is 5.27. The molecule has 1 aromatic rings. The van der Waals surface area contributed by atoms with E-state index in [0.29, 0.717) is 30.3 Å². The third-order valence-electron chi connectivity index (χ3n) is 2.77. The number of likely N-dealkylation sites (tertiary alicyclic amines) is 1. The van der Waals surface area contributed by atoms with Crippen molar-refractivity contribution in [1.82, 2.24) is 4.90 Å². The molecule has 2 rings (SSSR count). The van der Waals surface area contributed by atoms with E-state index in [-0.39, 0.29) is 6.10 Å². The van der Waals surface area contributed by atoms with Crippen LogP contribution in [0.1, 0.15) is 6.42 Å². The first-order valence-electron chi connectivity index (χ1n) is 5.58. The Balaban J connectivity index is 1.96. The summed E-state index contributed by atoms with van der Waals surface area (Å²) in [7, 11) is 0. The summed E-state index contributed by atoms with van der Waals surface area (Å²) >= 11 is 5.97. The highest BCUT2D eigenvalue weighted by Gasteiger charge is 2.30. The number of para-hydroxylation sites is 1. The van der Waals surface area contributed by atoms with Crippen LogP contribution in [0.3, 0.4) is 0 Å². The highest BCUT2D eigenvalue weighted by molar-refractivity contribution is 6.34. The zero-order valence-electron chi connectivity index (χ0n) is 9.64. The molecule has 1 saturated heterocycles. The van der Waals surface area contributed by atoms with Crippen LogP contribution in [0, 0.1) is 0 Å². The monoisotopic (exact) mass is 268 g/mol. The lowest BCUT2D eigenvalue weighted by molar-refractivity contribution is -0.143. The van der Waals surface area contributed by atoms with Gasteiger partial charge in [0.05, 0.1) is 11.6 Å². The summed E-state index contributed by atoms with van der Waals surface area (Å²) in [6.45, 7) is 0.823. The van der Waals surface area contributed by atoms with Crippen molar-refractivity contribution in [2.45, 2.75) is 12.5 Å². The van der Waals surface area contributed by atoms with Crippen molar-refractivity contribution in [3.05, 3.63) is 29.3 Å². The van der Waals surface area contributed by atoms with Gasteiger partial charge in [-0.3, -0.25) is 9.59 Å². The molecule has 18 heavy (non-hydrogen) atoms. The number of hydrogen-bond acceptors (Lipinski definition) is 3. The lowest BCUT2D eigenvalue weighted by Gasteiger charge is -2.16. The highest BCUT2D eigenvalue weighted by Crippen LogP contribution is 2.26. The number of halogens is 1. The minimum atomic E-state index is -0.937. The quantitative estimate of drug-likeness (QED) is 0.807. The second-order valence-corrected chi connectivity index (χ2v) is 4.48. The van der Waals surface area contributed by atoms with Crippen molar-refractivity contribution in [1.29, 1.82) is 0 Å². The SMILES string of the molecule is NC(=O)C(=O)N1CCC(Oc2ccccc2Cl)C1. The summed E-state index contributed by atoms with van der Waals surface area (Å²) < 4.78 is 5.69. The van der Waals surface area contributed by atoms with Crippen molar-refractivity contribution < 1.29 is 14.3 Å². The van der Waals surface area contributed by atoms with Crippen LogP contribution in [0.2, 0.25) is 5.02 Å². The van der Waals surface area contributed by atoms with Gasteiger partial charge in [0.15, 0.2) is 0 Å². The van der Waals surface area contributed by atoms with Gasteiger partial charge in [-0.05, 0) is 12.1 Å². The van der Waals surface area contributed by atoms with Crippen LogP contribution in [0.25, 0.3) is 0 Å². The van der Waals surface area contributed by atoms with Crippen LogP contribution in [-0.2, 0) is 9.59 Å². The van der Waals surface area contributed by atoms with E-state index in [4.69, 9.17) is 22.1 Å². The molecule has 1 fully saturated rings. The average Bonchev–Trinajstić information content (AvgIpc) is 2.79. The molecule has 0 spiro atoms. The first-order chi connectivity index (χ1) is 8.58. The summed E-state index contributed by atoms with van der Waals surface area (Å²) in [6, 6.07) is 7.13. The summed E-state index contributed by atoms with van der Waals surface area (Å²) in [6.07, 6.45) is 0.498. The largest absolute Gasteiger partial charge is 0.487 e. The fourth-order valence-corrected chi connectivity index (χ4v) is 2.06. The topological polar surface area (TPSA) is 72.6 Å². The Labute approximate surface area is 109 Å². The van der Waals surface area contributed by atoms with E-state index in [1.165, 1.54) is 4.90 Å². The fraction of sp³-hybridized carbons (Fsp3) is 0.333. The van der Waals surface area contributed by atoms with Crippen LogP contribution in [-0.4, -0.2) is 35.9 Å². The van der Waals surface area contributed by atoms with Gasteiger partial charge in [-0.1, -0.05) is 23.7 Å². The van der Waals surface area contributed by atoms with Gasteiger partial charge >= 0.3 is 11.8 Å². The summed E-state index contributed by atoms with van der Waals surface area (Å²) in [5.41, 5.74) is 4.95. The molecule has 0 aliphatic carbocycles. The molecule has 0 radical (unpaired) electrons. The number of nitrogens with two attached hydrogens (primary N) is 1. The lowest BCUT2D eigenvalue weighted by atomic mass is 10.3. The zero-order valence-corrected chi connectivity index (χ0v) is 10.4. The van der Waals surface area contributed by atoms with E-state index in [1.807, 2.05) is 12.1 Å². The van der Waals surface area contributed by atoms with Crippen molar-refractivity contribution in [2.75, 3.05) is 13.1 Å². The van der Waals surface area contributed by atoms with Crippen molar-refractivity contribution in [3.8, 4) is 5.75 Å². The minimum Gasteiger partial charge on any atom is -0.487 e. The van der Waals surface area contributed by atoms with Gasteiger partial charge in [-0.15, -0.1) is 0 Å². The minimum absolute atomic E-state index is 0.159. The van der Waals surface area contributed by atoms with Gasteiger partial charge in [0.25, 0.3) is 0 Å². The smallest absolute Gasteiger partial charge is 0.311 e. The van der Waals surface area contributed by atoms with Crippen molar-refractivity contribution in [3.63, 3.8) is 0 Å². The van der Waals surface area contributed by atoms with Crippen molar-refractivity contribution >= 4 is 23.4 Å². The van der Waals surface area contributed by atoms with E-state index in [9.17, 15) is 9.59 Å². The van der Waals surface area contributed by atoms with Crippen LogP contribution in [0.15, 0.2) is 24.3 Å². The number of benzene rings is 1. The second-order valence-electron chi connectivity index (χ2n) is 4.07. The van der Waals surface area contributed by atoms with Gasteiger partial charge in [0.1, 0.15) is 11.9 Å². The van der Waals surface area contributed by atoms with Gasteiger partial charge < -0.3 is 15.4 Å². The van der Waals surface area contributed by atoms with Crippen LogP contribution in [0.4, 0.5) is 0 Å². The molecule has 6 heteroatoms. The van der Waals surface area contributed by atoms with Gasteiger partial charge in [-0.2, -0.15) is 0 Å². The zero-order chi connectivity index (χ0) is 13.1. The molecule has 2 amide bonds. The van der Waals surface area contributed by atoms with E-state index in [2.05, 4.69) is 0 Å². The average molecular weight is 269 g/mol. The number of hydrogen-bond donors (Lipinski definition) is 1. The summed E-state index contributed by atoms with van der Waals surface area (Å²) in [5.74, 6) is -1.02. The molecule has 5 nitrogen and oxygen atoms in total. The standard InChI is InChI=1S/C12H13ClN2O3/c13-9-3-1-2-4-10(9)18-8-5-6-15(7-8)12(17)11(14)16/h1-4,8H,5-7H2,(H2,14,16). The molecule has 1 atom stereocenters. The van der Waals surface area contributed by atoms with Gasteiger partial charge in [-0.25, -0.2) is 0 Å². The highest BCUT2D eigenvalue weighted by atomic mass is 35.5. The summed E-state index contributed by atoms with van der Waals surface area (Å²) in [4.78, 5) is 23.5. The Bertz CT molecular complexity index is 478. The number of ether oxygens (including phenoxy) is 1. The lowest BCUT2D eigenvalue weighted by Crippen LogP contribution is -2.39. The third-order valence-corrected chi connectivity index (χ3v) is 3.09. The maximum atomic E-state index is 11.4. The van der Waals surface area contributed by atoms with Gasteiger partial charge in [0, 0.05) is 13.0 Å². The van der Waals surface area contributed by atoms with E-state index in [1.54, 1.807) is 12.1 Å². The molecule has 0 bridgehead atoms. The number of nitrogens with zero attached hydrogens (tertiary/aromatic N) is 1. The number of rotatable bonds is 2. The molecule has 2 N–H and O–H groups in total. The molecule has 1 aromatic carbocycles. The molecular formula is C12H13ClN2O3. The Morgan fingerprint density at radius 1 is 1.39 bits per heavy atom. The number of amides is 2. The Hall–Kier alpha value is -1.75. The fourth-order valence-electron chi connectivity index (χ4n) is 1.88. The van der Waals surface area contributed by atoms with Crippen molar-refractivity contribution in [2.24, 2.45) is 5.73 Å². The molecule has 0 saturated carbocycles. The molecule has 1 heterocycles. The van der Waals surface area contributed by atoms with Crippen LogP contribution < -0.4 is 10.5 Å². The molecule has 0 aromatic heterocycles. The predicted molar refractivity (Wildman–Crippen MR) is 66.3 cm³/mol.